The average molecular weight is 295 g/mol. The van der Waals surface area contributed by atoms with Crippen LogP contribution in [0.5, 0.6) is 0 Å². The number of piperidine rings is 1. The minimum Gasteiger partial charge on any atom is -0.390 e. The first-order valence-electron chi connectivity index (χ1n) is 8.55. The smallest absolute Gasteiger partial charge is 0.0927 e. The average Bonchev–Trinajstić information content (AvgIpc) is 2.80. The van der Waals surface area contributed by atoms with E-state index < -0.39 is 17.8 Å². The fourth-order valence-corrected chi connectivity index (χ4v) is 6.82. The molecule has 3 saturated carbocycles. The summed E-state index contributed by atoms with van der Waals surface area (Å²) in [6, 6.07) is 0.125. The maximum absolute atomic E-state index is 11.6. The quantitative estimate of drug-likeness (QED) is 0.497. The number of hydrogen-bond acceptors (Lipinski definition) is 5. The third kappa shape index (κ3) is 1.33. The summed E-state index contributed by atoms with van der Waals surface area (Å²) in [7, 11) is 0. The molecule has 0 aromatic rings. The summed E-state index contributed by atoms with van der Waals surface area (Å²) in [4.78, 5) is 0. The second kappa shape index (κ2) is 4.01. The molecule has 2 saturated heterocycles. The molecular weight excluding hydrogens is 270 g/mol. The van der Waals surface area contributed by atoms with Gasteiger partial charge in [0.2, 0.25) is 0 Å². The first-order valence-corrected chi connectivity index (χ1v) is 8.55. The molecule has 2 heterocycles. The molecule has 4 unspecified atom stereocenters. The maximum atomic E-state index is 11.6. The van der Waals surface area contributed by atoms with Crippen molar-refractivity contribution >= 4 is 0 Å². The lowest BCUT2D eigenvalue weighted by atomic mass is 9.43. The van der Waals surface area contributed by atoms with Gasteiger partial charge in [0, 0.05) is 17.4 Å². The van der Waals surface area contributed by atoms with Gasteiger partial charge in [0.25, 0.3) is 0 Å². The van der Waals surface area contributed by atoms with Gasteiger partial charge in [-0.2, -0.15) is 0 Å². The van der Waals surface area contributed by atoms with Gasteiger partial charge >= 0.3 is 0 Å². The van der Waals surface area contributed by atoms with Crippen LogP contribution in [0.4, 0.5) is 0 Å². The molecule has 0 radical (unpaired) electrons. The van der Waals surface area contributed by atoms with Gasteiger partial charge in [-0.25, -0.2) is 0 Å². The summed E-state index contributed by atoms with van der Waals surface area (Å²) >= 11 is 0. The Morgan fingerprint density at radius 1 is 1.05 bits per heavy atom. The van der Waals surface area contributed by atoms with Gasteiger partial charge in [-0.05, 0) is 51.0 Å². The van der Waals surface area contributed by atoms with Gasteiger partial charge in [0.05, 0.1) is 30.0 Å². The second-order valence-corrected chi connectivity index (χ2v) is 8.01. The topological polar surface area (TPSA) is 82.0 Å². The van der Waals surface area contributed by atoms with Gasteiger partial charge in [0.1, 0.15) is 0 Å². The minimum absolute atomic E-state index is 0.125. The molecule has 5 rings (SSSR count). The highest BCUT2D eigenvalue weighted by atomic mass is 16.5. The van der Waals surface area contributed by atoms with Gasteiger partial charge in [-0.1, -0.05) is 0 Å². The lowest BCUT2D eigenvalue weighted by molar-refractivity contribution is -0.246. The third-order valence-electron chi connectivity index (χ3n) is 7.50. The highest BCUT2D eigenvalue weighted by Crippen LogP contribution is 2.68. The van der Waals surface area contributed by atoms with Crippen LogP contribution >= 0.6 is 0 Å². The Morgan fingerprint density at radius 2 is 1.90 bits per heavy atom. The zero-order valence-electron chi connectivity index (χ0n) is 12.2. The van der Waals surface area contributed by atoms with Crippen molar-refractivity contribution in [3.05, 3.63) is 0 Å². The van der Waals surface area contributed by atoms with E-state index in [1.54, 1.807) is 0 Å². The number of rotatable bonds is 0. The van der Waals surface area contributed by atoms with E-state index in [1.165, 1.54) is 0 Å². The Hall–Kier alpha value is -0.200. The van der Waals surface area contributed by atoms with E-state index in [0.29, 0.717) is 18.8 Å². The van der Waals surface area contributed by atoms with Crippen LogP contribution in [0, 0.1) is 17.3 Å². The Morgan fingerprint density at radius 3 is 2.76 bits per heavy atom. The number of ether oxygens (including phenoxy) is 1. The molecule has 0 aromatic carbocycles. The van der Waals surface area contributed by atoms with Gasteiger partial charge in [-0.15, -0.1) is 0 Å². The number of aliphatic hydroxyl groups is 3. The van der Waals surface area contributed by atoms with Gasteiger partial charge in [0.15, 0.2) is 0 Å². The van der Waals surface area contributed by atoms with Crippen LogP contribution < -0.4 is 5.32 Å². The summed E-state index contributed by atoms with van der Waals surface area (Å²) in [6.07, 6.45) is 3.47. The summed E-state index contributed by atoms with van der Waals surface area (Å²) in [6.45, 7) is 0.881. The predicted molar refractivity (Wildman–Crippen MR) is 74.5 cm³/mol. The van der Waals surface area contributed by atoms with Crippen molar-refractivity contribution in [3.8, 4) is 0 Å². The fourth-order valence-electron chi connectivity index (χ4n) is 6.82. The van der Waals surface area contributed by atoms with Crippen LogP contribution in [0.3, 0.4) is 0 Å². The third-order valence-corrected chi connectivity index (χ3v) is 7.50. The Kier molecular flexibility index (Phi) is 2.53. The van der Waals surface area contributed by atoms with Crippen molar-refractivity contribution in [1.82, 2.24) is 5.32 Å². The van der Waals surface area contributed by atoms with Gasteiger partial charge in [-0.3, -0.25) is 0 Å². The molecule has 3 aliphatic carbocycles. The molecule has 2 bridgehead atoms. The van der Waals surface area contributed by atoms with E-state index >= 15 is 0 Å². The molecule has 5 aliphatic rings. The van der Waals surface area contributed by atoms with E-state index in [4.69, 9.17) is 4.74 Å². The molecule has 0 amide bonds. The summed E-state index contributed by atoms with van der Waals surface area (Å²) in [5, 5.41) is 36.0. The zero-order valence-corrected chi connectivity index (χ0v) is 12.2. The largest absolute Gasteiger partial charge is 0.390 e. The van der Waals surface area contributed by atoms with Crippen LogP contribution in [0.25, 0.3) is 0 Å². The lowest BCUT2D eigenvalue weighted by Crippen LogP contribution is -2.77. The van der Waals surface area contributed by atoms with Crippen LogP contribution in [0.2, 0.25) is 0 Å². The molecule has 21 heavy (non-hydrogen) atoms. The molecule has 4 N–H and O–H groups in total. The highest BCUT2D eigenvalue weighted by molar-refractivity contribution is 5.26. The summed E-state index contributed by atoms with van der Waals surface area (Å²) in [5.41, 5.74) is -1.13. The number of hydrogen-bond donors (Lipinski definition) is 4. The zero-order chi connectivity index (χ0) is 14.4. The molecule has 5 heteroatoms. The van der Waals surface area contributed by atoms with E-state index in [-0.39, 0.29) is 29.6 Å². The SMILES string of the molecule is OC1CCC2C[C@H]3NCC[C@]45C2C1O[C@H]4[C@@H](O)CC[C@@]35O. The van der Waals surface area contributed by atoms with Crippen molar-refractivity contribution in [2.75, 3.05) is 6.54 Å². The molecule has 5 nitrogen and oxygen atoms in total. The van der Waals surface area contributed by atoms with E-state index in [9.17, 15) is 15.3 Å². The molecular formula is C16H25NO4. The number of nitrogens with one attached hydrogen (secondary N) is 1. The van der Waals surface area contributed by atoms with Crippen molar-refractivity contribution in [2.24, 2.45) is 17.3 Å². The normalized spacial score (nSPS) is 65.0. The second-order valence-electron chi connectivity index (χ2n) is 8.01. The number of aliphatic hydroxyl groups excluding tert-OH is 2. The van der Waals surface area contributed by atoms with Crippen molar-refractivity contribution in [1.29, 1.82) is 0 Å². The molecule has 1 spiro atoms. The summed E-state index contributed by atoms with van der Waals surface area (Å²) < 4.78 is 6.23. The first kappa shape index (κ1) is 13.3. The fraction of sp³-hybridized carbons (Fsp3) is 1.00. The Balaban J connectivity index is 1.70. The van der Waals surface area contributed by atoms with Crippen molar-refractivity contribution < 1.29 is 20.1 Å². The van der Waals surface area contributed by atoms with Crippen molar-refractivity contribution in [2.45, 2.75) is 74.6 Å². The molecule has 5 fully saturated rings. The monoisotopic (exact) mass is 295 g/mol. The highest BCUT2D eigenvalue weighted by Gasteiger charge is 2.76. The van der Waals surface area contributed by atoms with Crippen molar-refractivity contribution in [3.63, 3.8) is 0 Å². The minimum atomic E-state index is -0.776. The van der Waals surface area contributed by atoms with E-state index in [1.807, 2.05) is 0 Å². The summed E-state index contributed by atoms with van der Waals surface area (Å²) in [5.74, 6) is 0.719. The Bertz CT molecular complexity index is 473. The van der Waals surface area contributed by atoms with E-state index in [0.717, 1.165) is 32.2 Å². The van der Waals surface area contributed by atoms with Crippen LogP contribution in [-0.4, -0.2) is 57.9 Å². The van der Waals surface area contributed by atoms with Gasteiger partial charge < -0.3 is 25.4 Å². The molecule has 2 aliphatic heterocycles. The Labute approximate surface area is 124 Å². The molecule has 118 valence electrons. The first-order chi connectivity index (χ1) is 10.1. The maximum Gasteiger partial charge on any atom is 0.0927 e. The van der Waals surface area contributed by atoms with Crippen LogP contribution in [0.15, 0.2) is 0 Å². The van der Waals surface area contributed by atoms with E-state index in [2.05, 4.69) is 5.32 Å². The standard InChI is InChI=1S/C16H25NO4/c18-9-2-1-8-7-11-16(20)4-3-10(19)14-15(16,5-6-17-11)12(8)13(9)21-14/h8-14,17-20H,1-7H2/t8?,9?,10-,11+,12?,13?,14-,15-,16+/m0/s1. The predicted octanol–water partition coefficient (Wildman–Crippen LogP) is -0.221. The molecule has 9 atom stereocenters. The van der Waals surface area contributed by atoms with Crippen LogP contribution in [0.1, 0.15) is 38.5 Å². The lowest BCUT2D eigenvalue weighted by Gasteiger charge is -2.66. The van der Waals surface area contributed by atoms with Crippen LogP contribution in [-0.2, 0) is 4.74 Å². The molecule has 0 aromatic heterocycles.